The summed E-state index contributed by atoms with van der Waals surface area (Å²) < 4.78 is 31.6. The standard InChI is InChI=1S/C20H26N2O4S/c1-5-19(20(23)21-16-10-8-12-18(14-16)26-6-2)22(27(4,24)25)17-11-7-9-15(3)13-17/h7-14,19H,5-6H2,1-4H3,(H,21,23). The number of benzene rings is 2. The molecule has 7 heteroatoms. The van der Waals surface area contributed by atoms with Gasteiger partial charge in [0.15, 0.2) is 0 Å². The molecule has 1 atom stereocenters. The monoisotopic (exact) mass is 390 g/mol. The molecule has 0 bridgehead atoms. The fraction of sp³-hybridized carbons (Fsp3) is 0.350. The van der Waals surface area contributed by atoms with Crippen LogP contribution < -0.4 is 14.4 Å². The lowest BCUT2D eigenvalue weighted by Crippen LogP contribution is -2.47. The number of carbonyl (C=O) groups excluding carboxylic acids is 1. The Balaban J connectivity index is 2.33. The Hall–Kier alpha value is -2.54. The van der Waals surface area contributed by atoms with Crippen molar-refractivity contribution < 1.29 is 17.9 Å². The molecule has 0 saturated carbocycles. The number of amides is 1. The summed E-state index contributed by atoms with van der Waals surface area (Å²) in [5, 5.41) is 2.80. The summed E-state index contributed by atoms with van der Waals surface area (Å²) in [6, 6.07) is 13.3. The van der Waals surface area contributed by atoms with Crippen LogP contribution in [-0.4, -0.2) is 33.2 Å². The number of hydrogen-bond donors (Lipinski definition) is 1. The van der Waals surface area contributed by atoms with Crippen LogP contribution in [0.3, 0.4) is 0 Å². The van der Waals surface area contributed by atoms with Crippen LogP contribution in [0.2, 0.25) is 0 Å². The maximum Gasteiger partial charge on any atom is 0.248 e. The Bertz CT molecular complexity index is 896. The van der Waals surface area contributed by atoms with Gasteiger partial charge in [0.2, 0.25) is 15.9 Å². The topological polar surface area (TPSA) is 75.7 Å². The van der Waals surface area contributed by atoms with Gasteiger partial charge in [0.05, 0.1) is 18.6 Å². The van der Waals surface area contributed by atoms with E-state index in [0.717, 1.165) is 11.8 Å². The average Bonchev–Trinajstić information content (AvgIpc) is 2.59. The van der Waals surface area contributed by atoms with E-state index in [1.165, 1.54) is 4.31 Å². The molecule has 0 heterocycles. The quantitative estimate of drug-likeness (QED) is 0.748. The van der Waals surface area contributed by atoms with Gasteiger partial charge in [-0.05, 0) is 50.1 Å². The Kier molecular flexibility index (Phi) is 6.85. The second-order valence-electron chi connectivity index (χ2n) is 6.27. The third-order valence-corrected chi connectivity index (χ3v) is 5.18. The predicted octanol–water partition coefficient (Wildman–Crippen LogP) is 3.58. The summed E-state index contributed by atoms with van der Waals surface area (Å²) in [7, 11) is -3.65. The highest BCUT2D eigenvalue weighted by atomic mass is 32.2. The molecule has 1 N–H and O–H groups in total. The molecule has 0 aliphatic rings. The van der Waals surface area contributed by atoms with E-state index in [9.17, 15) is 13.2 Å². The molecule has 0 aliphatic heterocycles. The van der Waals surface area contributed by atoms with Crippen LogP contribution in [0.1, 0.15) is 25.8 Å². The van der Waals surface area contributed by atoms with Gasteiger partial charge in [-0.1, -0.05) is 25.1 Å². The van der Waals surface area contributed by atoms with Crippen molar-refractivity contribution in [3.63, 3.8) is 0 Å². The van der Waals surface area contributed by atoms with Crippen molar-refractivity contribution in [2.24, 2.45) is 0 Å². The lowest BCUT2D eigenvalue weighted by atomic mass is 10.1. The van der Waals surface area contributed by atoms with E-state index < -0.39 is 22.0 Å². The van der Waals surface area contributed by atoms with Crippen LogP contribution >= 0.6 is 0 Å². The number of nitrogens with one attached hydrogen (secondary N) is 1. The summed E-state index contributed by atoms with van der Waals surface area (Å²) in [5.74, 6) is 0.250. The molecule has 27 heavy (non-hydrogen) atoms. The van der Waals surface area contributed by atoms with Crippen LogP contribution in [0, 0.1) is 6.92 Å². The molecule has 1 amide bonds. The molecule has 0 aliphatic carbocycles. The van der Waals surface area contributed by atoms with Crippen molar-refractivity contribution in [3.05, 3.63) is 54.1 Å². The van der Waals surface area contributed by atoms with E-state index in [0.29, 0.717) is 30.2 Å². The molecular weight excluding hydrogens is 364 g/mol. The molecule has 2 aromatic carbocycles. The van der Waals surface area contributed by atoms with E-state index in [1.54, 1.807) is 49.4 Å². The van der Waals surface area contributed by atoms with E-state index in [1.807, 2.05) is 19.9 Å². The molecule has 6 nitrogen and oxygen atoms in total. The normalized spacial score (nSPS) is 12.3. The van der Waals surface area contributed by atoms with Gasteiger partial charge < -0.3 is 10.1 Å². The van der Waals surface area contributed by atoms with Gasteiger partial charge in [0.25, 0.3) is 0 Å². The first-order valence-electron chi connectivity index (χ1n) is 8.86. The van der Waals surface area contributed by atoms with E-state index in [4.69, 9.17) is 4.74 Å². The minimum absolute atomic E-state index is 0.331. The first-order valence-corrected chi connectivity index (χ1v) is 10.7. The Labute approximate surface area is 161 Å². The zero-order valence-corrected chi connectivity index (χ0v) is 16.9. The van der Waals surface area contributed by atoms with Crippen LogP contribution in [0.25, 0.3) is 0 Å². The fourth-order valence-electron chi connectivity index (χ4n) is 2.88. The second kappa shape index (κ2) is 8.90. The predicted molar refractivity (Wildman–Crippen MR) is 109 cm³/mol. The molecule has 0 aromatic heterocycles. The SMILES string of the molecule is CCOc1cccc(NC(=O)C(CC)N(c2cccc(C)c2)S(C)(=O)=O)c1. The van der Waals surface area contributed by atoms with Gasteiger partial charge in [0.1, 0.15) is 11.8 Å². The summed E-state index contributed by atoms with van der Waals surface area (Å²) in [6.45, 7) is 6.06. The number of sulfonamides is 1. The van der Waals surface area contributed by atoms with Crippen molar-refractivity contribution in [2.75, 3.05) is 22.5 Å². The van der Waals surface area contributed by atoms with Gasteiger partial charge in [-0.3, -0.25) is 9.10 Å². The van der Waals surface area contributed by atoms with Crippen molar-refractivity contribution in [3.8, 4) is 5.75 Å². The van der Waals surface area contributed by atoms with Crippen molar-refractivity contribution >= 4 is 27.3 Å². The maximum atomic E-state index is 12.9. The number of hydrogen-bond acceptors (Lipinski definition) is 4. The van der Waals surface area contributed by atoms with Gasteiger partial charge in [-0.2, -0.15) is 0 Å². The van der Waals surface area contributed by atoms with Crippen LogP contribution in [0.4, 0.5) is 11.4 Å². The highest BCUT2D eigenvalue weighted by Crippen LogP contribution is 2.25. The molecule has 2 rings (SSSR count). The molecule has 2 aromatic rings. The lowest BCUT2D eigenvalue weighted by Gasteiger charge is -2.30. The molecule has 146 valence electrons. The first-order chi connectivity index (χ1) is 12.8. The third kappa shape index (κ3) is 5.47. The molecular formula is C20H26N2O4S. The number of rotatable bonds is 8. The Morgan fingerprint density at radius 1 is 1.15 bits per heavy atom. The molecule has 0 fully saturated rings. The highest BCUT2D eigenvalue weighted by molar-refractivity contribution is 7.92. The van der Waals surface area contributed by atoms with Gasteiger partial charge in [-0.15, -0.1) is 0 Å². The van der Waals surface area contributed by atoms with Crippen molar-refractivity contribution in [1.82, 2.24) is 0 Å². The number of aryl methyl sites for hydroxylation is 1. The van der Waals surface area contributed by atoms with Crippen LogP contribution in [0.15, 0.2) is 48.5 Å². The van der Waals surface area contributed by atoms with Crippen LogP contribution in [0.5, 0.6) is 5.75 Å². The smallest absolute Gasteiger partial charge is 0.248 e. The summed E-state index contributed by atoms with van der Waals surface area (Å²) in [6.07, 6.45) is 1.44. The molecule has 1 unspecified atom stereocenters. The van der Waals surface area contributed by atoms with E-state index >= 15 is 0 Å². The summed E-state index contributed by atoms with van der Waals surface area (Å²) in [5.41, 5.74) is 1.95. The first kappa shape index (κ1) is 20.8. The maximum absolute atomic E-state index is 12.9. The Morgan fingerprint density at radius 3 is 2.44 bits per heavy atom. The van der Waals surface area contributed by atoms with Gasteiger partial charge in [0, 0.05) is 11.8 Å². The Morgan fingerprint density at radius 2 is 1.85 bits per heavy atom. The van der Waals surface area contributed by atoms with Crippen molar-refractivity contribution in [1.29, 1.82) is 0 Å². The molecule has 0 radical (unpaired) electrons. The number of nitrogens with zero attached hydrogens (tertiary/aromatic N) is 1. The lowest BCUT2D eigenvalue weighted by molar-refractivity contribution is -0.117. The molecule has 0 saturated heterocycles. The summed E-state index contributed by atoms with van der Waals surface area (Å²) in [4.78, 5) is 12.9. The number of anilines is 2. The van der Waals surface area contributed by atoms with Crippen molar-refractivity contribution in [2.45, 2.75) is 33.2 Å². The number of carbonyl (C=O) groups is 1. The van der Waals surface area contributed by atoms with E-state index in [-0.39, 0.29) is 0 Å². The zero-order valence-electron chi connectivity index (χ0n) is 16.1. The van der Waals surface area contributed by atoms with Crippen LogP contribution in [-0.2, 0) is 14.8 Å². The fourth-order valence-corrected chi connectivity index (χ4v) is 4.08. The minimum Gasteiger partial charge on any atom is -0.494 e. The minimum atomic E-state index is -3.65. The van der Waals surface area contributed by atoms with Gasteiger partial charge in [-0.25, -0.2) is 8.42 Å². The third-order valence-electron chi connectivity index (χ3n) is 4.00. The largest absolute Gasteiger partial charge is 0.494 e. The van der Waals surface area contributed by atoms with E-state index in [2.05, 4.69) is 5.32 Å². The molecule has 0 spiro atoms. The second-order valence-corrected chi connectivity index (χ2v) is 8.13. The highest BCUT2D eigenvalue weighted by Gasteiger charge is 2.31. The van der Waals surface area contributed by atoms with Gasteiger partial charge >= 0.3 is 0 Å². The number of ether oxygens (including phenoxy) is 1. The zero-order chi connectivity index (χ0) is 20.0. The summed E-state index contributed by atoms with van der Waals surface area (Å²) >= 11 is 0. The average molecular weight is 391 g/mol.